The summed E-state index contributed by atoms with van der Waals surface area (Å²) in [6.07, 6.45) is 3.39. The Balaban J connectivity index is 1.53. The summed E-state index contributed by atoms with van der Waals surface area (Å²) < 4.78 is 1.72. The number of benzene rings is 2. The second-order valence-corrected chi connectivity index (χ2v) is 5.86. The van der Waals surface area contributed by atoms with E-state index in [1.165, 1.54) is 0 Å². The lowest BCUT2D eigenvalue weighted by Crippen LogP contribution is -1.99. The number of aryl methyl sites for hydroxylation is 1. The van der Waals surface area contributed by atoms with Gasteiger partial charge >= 0.3 is 0 Å². The summed E-state index contributed by atoms with van der Waals surface area (Å²) in [7, 11) is 0. The van der Waals surface area contributed by atoms with Gasteiger partial charge in [-0.25, -0.2) is 19.6 Å². The van der Waals surface area contributed by atoms with Crippen LogP contribution in [-0.2, 0) is 0 Å². The van der Waals surface area contributed by atoms with E-state index in [9.17, 15) is 0 Å². The molecule has 0 bridgehead atoms. The first-order valence-electron chi connectivity index (χ1n) is 8.30. The van der Waals surface area contributed by atoms with E-state index in [-0.39, 0.29) is 0 Å². The smallest absolute Gasteiger partial charge is 0.227 e. The van der Waals surface area contributed by atoms with Crippen LogP contribution >= 0.6 is 0 Å². The zero-order valence-electron chi connectivity index (χ0n) is 14.5. The molecule has 2 aromatic carbocycles. The Bertz CT molecular complexity index is 1110. The third-order valence-electron chi connectivity index (χ3n) is 3.96. The quantitative estimate of drug-likeness (QED) is 0.602. The SMILES string of the molecule is Cc1ncn(-c2ccc(Nc3nccc(-c4ccc(C#N)cc4)n3)cc2)n1. The van der Waals surface area contributed by atoms with E-state index in [2.05, 4.69) is 31.4 Å². The molecule has 2 heterocycles. The molecule has 0 aliphatic rings. The molecule has 0 aliphatic carbocycles. The number of nitriles is 1. The van der Waals surface area contributed by atoms with Crippen molar-refractivity contribution in [1.29, 1.82) is 5.26 Å². The summed E-state index contributed by atoms with van der Waals surface area (Å²) >= 11 is 0. The molecular weight excluding hydrogens is 338 g/mol. The van der Waals surface area contributed by atoms with Crippen molar-refractivity contribution >= 4 is 11.6 Å². The third kappa shape index (κ3) is 3.65. The van der Waals surface area contributed by atoms with Gasteiger partial charge in [0.15, 0.2) is 0 Å². The third-order valence-corrected chi connectivity index (χ3v) is 3.96. The van der Waals surface area contributed by atoms with Crippen molar-refractivity contribution in [2.24, 2.45) is 0 Å². The van der Waals surface area contributed by atoms with Crippen molar-refractivity contribution in [3.8, 4) is 23.0 Å². The first-order chi connectivity index (χ1) is 13.2. The van der Waals surface area contributed by atoms with Crippen LogP contribution in [0.4, 0.5) is 11.6 Å². The van der Waals surface area contributed by atoms with Gasteiger partial charge in [-0.05, 0) is 49.4 Å². The first-order valence-corrected chi connectivity index (χ1v) is 8.30. The van der Waals surface area contributed by atoms with E-state index in [1.807, 2.05) is 49.4 Å². The van der Waals surface area contributed by atoms with Gasteiger partial charge in [0.05, 0.1) is 23.0 Å². The number of anilines is 2. The van der Waals surface area contributed by atoms with Crippen LogP contribution in [0.25, 0.3) is 16.9 Å². The standard InChI is InChI=1S/C20H15N7/c1-14-23-13-27(26-14)18-8-6-17(7-9-18)24-20-22-11-10-19(25-20)16-4-2-15(12-21)3-5-16/h2-11,13H,1H3,(H,22,24,25). The number of hydrogen-bond donors (Lipinski definition) is 1. The first kappa shape index (κ1) is 16.4. The summed E-state index contributed by atoms with van der Waals surface area (Å²) in [5, 5.41) is 16.4. The molecule has 0 saturated carbocycles. The van der Waals surface area contributed by atoms with Crippen LogP contribution in [0.5, 0.6) is 0 Å². The van der Waals surface area contributed by atoms with E-state index >= 15 is 0 Å². The monoisotopic (exact) mass is 353 g/mol. The predicted octanol–water partition coefficient (Wildman–Crippen LogP) is 3.65. The molecule has 2 aromatic heterocycles. The van der Waals surface area contributed by atoms with E-state index in [1.54, 1.807) is 29.3 Å². The van der Waals surface area contributed by atoms with Gasteiger partial charge in [0.1, 0.15) is 12.2 Å². The Morgan fingerprint density at radius 2 is 1.74 bits per heavy atom. The largest absolute Gasteiger partial charge is 0.324 e. The van der Waals surface area contributed by atoms with Crippen LogP contribution in [0.15, 0.2) is 67.1 Å². The summed E-state index contributed by atoms with van der Waals surface area (Å²) in [5.41, 5.74) is 4.12. The normalized spacial score (nSPS) is 10.4. The summed E-state index contributed by atoms with van der Waals surface area (Å²) in [5.74, 6) is 1.23. The Morgan fingerprint density at radius 3 is 2.41 bits per heavy atom. The Kier molecular flexibility index (Phi) is 4.29. The highest BCUT2D eigenvalue weighted by Crippen LogP contribution is 2.20. The van der Waals surface area contributed by atoms with Gasteiger partial charge in [-0.1, -0.05) is 12.1 Å². The fraction of sp³-hybridized carbons (Fsp3) is 0.0500. The lowest BCUT2D eigenvalue weighted by atomic mass is 10.1. The molecule has 1 N–H and O–H groups in total. The highest BCUT2D eigenvalue weighted by atomic mass is 15.3. The molecule has 0 radical (unpaired) electrons. The lowest BCUT2D eigenvalue weighted by Gasteiger charge is -2.08. The summed E-state index contributed by atoms with van der Waals surface area (Å²) in [6.45, 7) is 1.85. The molecule has 0 amide bonds. The van der Waals surface area contributed by atoms with E-state index in [0.29, 0.717) is 11.5 Å². The maximum absolute atomic E-state index is 8.91. The molecule has 0 spiro atoms. The van der Waals surface area contributed by atoms with Crippen LogP contribution in [0.1, 0.15) is 11.4 Å². The van der Waals surface area contributed by atoms with Gasteiger partial charge in [0.25, 0.3) is 0 Å². The molecule has 27 heavy (non-hydrogen) atoms. The molecule has 130 valence electrons. The predicted molar refractivity (Wildman–Crippen MR) is 102 cm³/mol. The van der Waals surface area contributed by atoms with Crippen LogP contribution in [-0.4, -0.2) is 24.7 Å². The number of rotatable bonds is 4. The topological polar surface area (TPSA) is 92.3 Å². The van der Waals surface area contributed by atoms with Crippen LogP contribution in [0.3, 0.4) is 0 Å². The number of nitrogens with zero attached hydrogens (tertiary/aromatic N) is 6. The van der Waals surface area contributed by atoms with E-state index in [4.69, 9.17) is 5.26 Å². The molecular formula is C20H15N7. The van der Waals surface area contributed by atoms with Gasteiger partial charge in [0.2, 0.25) is 5.95 Å². The van der Waals surface area contributed by atoms with Gasteiger partial charge < -0.3 is 5.32 Å². The zero-order chi connectivity index (χ0) is 18.6. The molecule has 0 unspecified atom stereocenters. The molecule has 0 fully saturated rings. The Labute approximate surface area is 156 Å². The van der Waals surface area contributed by atoms with Gasteiger partial charge in [-0.2, -0.15) is 10.4 Å². The molecule has 0 atom stereocenters. The summed E-state index contributed by atoms with van der Waals surface area (Å²) in [6, 6.07) is 19.0. The van der Waals surface area contributed by atoms with Crippen molar-refractivity contribution < 1.29 is 0 Å². The average molecular weight is 353 g/mol. The van der Waals surface area contributed by atoms with Crippen molar-refractivity contribution in [3.63, 3.8) is 0 Å². The second-order valence-electron chi connectivity index (χ2n) is 5.86. The maximum atomic E-state index is 8.91. The molecule has 0 saturated heterocycles. The molecule has 7 nitrogen and oxygen atoms in total. The molecule has 4 aromatic rings. The van der Waals surface area contributed by atoms with Gasteiger partial charge in [0, 0.05) is 17.4 Å². The highest BCUT2D eigenvalue weighted by Gasteiger charge is 2.04. The zero-order valence-corrected chi connectivity index (χ0v) is 14.5. The van der Waals surface area contributed by atoms with Crippen molar-refractivity contribution in [2.45, 2.75) is 6.92 Å². The highest BCUT2D eigenvalue weighted by molar-refractivity contribution is 5.63. The van der Waals surface area contributed by atoms with Crippen LogP contribution in [0, 0.1) is 18.3 Å². The Hall–Kier alpha value is -4.05. The van der Waals surface area contributed by atoms with Gasteiger partial charge in [-0.15, -0.1) is 0 Å². The van der Waals surface area contributed by atoms with Crippen molar-refractivity contribution in [3.05, 3.63) is 78.5 Å². The van der Waals surface area contributed by atoms with Crippen molar-refractivity contribution in [1.82, 2.24) is 24.7 Å². The number of aromatic nitrogens is 5. The molecule has 7 heteroatoms. The minimum Gasteiger partial charge on any atom is -0.324 e. The molecule has 0 aliphatic heterocycles. The second kappa shape index (κ2) is 7.06. The van der Waals surface area contributed by atoms with Crippen LogP contribution in [0.2, 0.25) is 0 Å². The average Bonchev–Trinajstić information content (AvgIpc) is 3.15. The fourth-order valence-electron chi connectivity index (χ4n) is 2.59. The minimum absolute atomic E-state index is 0.501. The molecule has 4 rings (SSSR count). The van der Waals surface area contributed by atoms with E-state index < -0.39 is 0 Å². The minimum atomic E-state index is 0.501. The van der Waals surface area contributed by atoms with Gasteiger partial charge in [-0.3, -0.25) is 0 Å². The number of hydrogen-bond acceptors (Lipinski definition) is 6. The number of nitrogens with one attached hydrogen (secondary N) is 1. The lowest BCUT2D eigenvalue weighted by molar-refractivity contribution is 0.863. The maximum Gasteiger partial charge on any atom is 0.227 e. The van der Waals surface area contributed by atoms with E-state index in [0.717, 1.165) is 28.5 Å². The van der Waals surface area contributed by atoms with Crippen molar-refractivity contribution in [2.75, 3.05) is 5.32 Å². The summed E-state index contributed by atoms with van der Waals surface area (Å²) in [4.78, 5) is 13.0. The fourth-order valence-corrected chi connectivity index (χ4v) is 2.59. The van der Waals surface area contributed by atoms with Crippen LogP contribution < -0.4 is 5.32 Å². The Morgan fingerprint density at radius 1 is 0.963 bits per heavy atom.